The molecule has 2 nitrogen and oxygen atoms in total. The molecule has 0 radical (unpaired) electrons. The Kier molecular flexibility index (Phi) is 5.59. The first-order valence-electron chi connectivity index (χ1n) is 7.00. The van der Waals surface area contributed by atoms with Crippen molar-refractivity contribution in [1.82, 2.24) is 5.32 Å². The van der Waals surface area contributed by atoms with E-state index in [4.69, 9.17) is 16.3 Å². The Balaban J connectivity index is 1.95. The molecule has 0 bridgehead atoms. The van der Waals surface area contributed by atoms with Gasteiger partial charge in [0.2, 0.25) is 0 Å². The van der Waals surface area contributed by atoms with Gasteiger partial charge in [-0.1, -0.05) is 36.7 Å². The molecule has 0 aromatic heterocycles. The molecule has 2 aromatic rings. The summed E-state index contributed by atoms with van der Waals surface area (Å²) in [5.41, 5.74) is 2.06. The van der Waals surface area contributed by atoms with Crippen LogP contribution in [0.4, 0.5) is 4.39 Å². The van der Waals surface area contributed by atoms with Crippen LogP contribution in [0, 0.1) is 5.82 Å². The second-order valence-electron chi connectivity index (χ2n) is 4.89. The lowest BCUT2D eigenvalue weighted by Gasteiger charge is -2.13. The van der Waals surface area contributed by atoms with Crippen LogP contribution in [-0.2, 0) is 6.61 Å². The Morgan fingerprint density at radius 3 is 2.52 bits per heavy atom. The van der Waals surface area contributed by atoms with E-state index in [-0.39, 0.29) is 5.02 Å². The van der Waals surface area contributed by atoms with E-state index < -0.39 is 5.82 Å². The quantitative estimate of drug-likeness (QED) is 0.833. The highest BCUT2D eigenvalue weighted by atomic mass is 35.5. The van der Waals surface area contributed by atoms with Gasteiger partial charge in [-0.3, -0.25) is 0 Å². The number of hydrogen-bond acceptors (Lipinski definition) is 2. The zero-order valence-corrected chi connectivity index (χ0v) is 13.0. The molecule has 0 heterocycles. The van der Waals surface area contributed by atoms with E-state index in [1.54, 1.807) is 12.1 Å². The first kappa shape index (κ1) is 15.8. The third kappa shape index (κ3) is 4.45. The fourth-order valence-electron chi connectivity index (χ4n) is 2.07. The van der Waals surface area contributed by atoms with Gasteiger partial charge in [0.15, 0.2) is 0 Å². The molecule has 1 unspecified atom stereocenters. The molecule has 4 heteroatoms. The van der Waals surface area contributed by atoms with Gasteiger partial charge in [-0.25, -0.2) is 4.39 Å². The van der Waals surface area contributed by atoms with Crippen molar-refractivity contribution in [2.24, 2.45) is 0 Å². The Morgan fingerprint density at radius 2 is 1.90 bits per heavy atom. The molecule has 2 aromatic carbocycles. The lowest BCUT2D eigenvalue weighted by atomic mass is 10.1. The van der Waals surface area contributed by atoms with E-state index in [1.165, 1.54) is 11.6 Å². The van der Waals surface area contributed by atoms with Crippen molar-refractivity contribution >= 4 is 11.6 Å². The fourth-order valence-corrected chi connectivity index (χ4v) is 2.28. The van der Waals surface area contributed by atoms with Crippen molar-refractivity contribution in [3.63, 3.8) is 0 Å². The van der Waals surface area contributed by atoms with E-state index >= 15 is 0 Å². The van der Waals surface area contributed by atoms with Crippen LogP contribution in [0.5, 0.6) is 5.75 Å². The van der Waals surface area contributed by atoms with Crippen molar-refractivity contribution < 1.29 is 9.13 Å². The molecule has 112 valence electrons. The average molecular weight is 308 g/mol. The van der Waals surface area contributed by atoms with E-state index in [0.717, 1.165) is 17.9 Å². The number of rotatable bonds is 6. The van der Waals surface area contributed by atoms with E-state index in [1.807, 2.05) is 24.3 Å². The highest BCUT2D eigenvalue weighted by Gasteiger charge is 2.04. The third-order valence-corrected chi connectivity index (χ3v) is 3.57. The topological polar surface area (TPSA) is 21.3 Å². The number of halogens is 2. The predicted molar refractivity (Wildman–Crippen MR) is 84.3 cm³/mol. The van der Waals surface area contributed by atoms with Crippen LogP contribution in [-0.4, -0.2) is 6.54 Å². The highest BCUT2D eigenvalue weighted by Crippen LogP contribution is 2.20. The molecular weight excluding hydrogens is 289 g/mol. The normalized spacial score (nSPS) is 12.2. The second kappa shape index (κ2) is 7.43. The SMILES string of the molecule is CCNC(C)c1ccc(OCc2ccc(F)c(Cl)c2)cc1. The van der Waals surface area contributed by atoms with Gasteiger partial charge in [0, 0.05) is 6.04 Å². The van der Waals surface area contributed by atoms with Gasteiger partial charge in [0.1, 0.15) is 18.2 Å². The fraction of sp³-hybridized carbons (Fsp3) is 0.294. The highest BCUT2D eigenvalue weighted by molar-refractivity contribution is 6.30. The van der Waals surface area contributed by atoms with Crippen LogP contribution < -0.4 is 10.1 Å². The van der Waals surface area contributed by atoms with Crippen LogP contribution >= 0.6 is 11.6 Å². The summed E-state index contributed by atoms with van der Waals surface area (Å²) in [5, 5.41) is 3.48. The van der Waals surface area contributed by atoms with Gasteiger partial charge < -0.3 is 10.1 Å². The molecule has 1 N–H and O–H groups in total. The smallest absolute Gasteiger partial charge is 0.141 e. The van der Waals surface area contributed by atoms with Crippen molar-refractivity contribution in [1.29, 1.82) is 0 Å². The third-order valence-electron chi connectivity index (χ3n) is 3.28. The minimum Gasteiger partial charge on any atom is -0.489 e. The van der Waals surface area contributed by atoms with E-state index in [9.17, 15) is 4.39 Å². The largest absolute Gasteiger partial charge is 0.489 e. The van der Waals surface area contributed by atoms with Crippen molar-refractivity contribution in [3.8, 4) is 5.75 Å². The monoisotopic (exact) mass is 307 g/mol. The zero-order valence-electron chi connectivity index (χ0n) is 12.2. The second-order valence-corrected chi connectivity index (χ2v) is 5.29. The van der Waals surface area contributed by atoms with Crippen LogP contribution in [0.15, 0.2) is 42.5 Å². The maximum absolute atomic E-state index is 13.1. The summed E-state index contributed by atoms with van der Waals surface area (Å²) < 4.78 is 18.7. The molecule has 0 amide bonds. The molecule has 0 aliphatic carbocycles. The maximum Gasteiger partial charge on any atom is 0.141 e. The first-order chi connectivity index (χ1) is 10.1. The number of benzene rings is 2. The molecular formula is C17H19ClFNO. The molecule has 0 saturated carbocycles. The summed E-state index contributed by atoms with van der Waals surface area (Å²) in [6.45, 7) is 5.51. The molecule has 0 saturated heterocycles. The summed E-state index contributed by atoms with van der Waals surface area (Å²) >= 11 is 5.74. The first-order valence-corrected chi connectivity index (χ1v) is 7.38. The molecule has 0 fully saturated rings. The van der Waals surface area contributed by atoms with Gasteiger partial charge in [0.05, 0.1) is 5.02 Å². The van der Waals surface area contributed by atoms with Crippen molar-refractivity contribution in [3.05, 3.63) is 64.4 Å². The lowest BCUT2D eigenvalue weighted by molar-refractivity contribution is 0.306. The minimum atomic E-state index is -0.415. The van der Waals surface area contributed by atoms with Gasteiger partial charge in [-0.15, -0.1) is 0 Å². The Labute approximate surface area is 129 Å². The van der Waals surface area contributed by atoms with Crippen LogP contribution in [0.3, 0.4) is 0 Å². The maximum atomic E-state index is 13.1. The molecule has 0 spiro atoms. The van der Waals surface area contributed by atoms with Crippen LogP contribution in [0.25, 0.3) is 0 Å². The van der Waals surface area contributed by atoms with Gasteiger partial charge in [0.25, 0.3) is 0 Å². The molecule has 1 atom stereocenters. The number of ether oxygens (including phenoxy) is 1. The molecule has 21 heavy (non-hydrogen) atoms. The summed E-state index contributed by atoms with van der Waals surface area (Å²) in [5.74, 6) is 0.366. The standard InChI is InChI=1S/C17H19ClFNO/c1-3-20-12(2)14-5-7-15(8-6-14)21-11-13-4-9-17(19)16(18)10-13/h4-10,12,20H,3,11H2,1-2H3. The van der Waals surface area contributed by atoms with Crippen LogP contribution in [0.1, 0.15) is 31.0 Å². The summed E-state index contributed by atoms with van der Waals surface area (Å²) in [4.78, 5) is 0. The number of hydrogen-bond donors (Lipinski definition) is 1. The lowest BCUT2D eigenvalue weighted by Crippen LogP contribution is -2.17. The molecule has 2 rings (SSSR count). The average Bonchev–Trinajstić information content (AvgIpc) is 2.49. The zero-order chi connectivity index (χ0) is 15.2. The minimum absolute atomic E-state index is 0.117. The van der Waals surface area contributed by atoms with Gasteiger partial charge in [-0.2, -0.15) is 0 Å². The van der Waals surface area contributed by atoms with Gasteiger partial charge in [-0.05, 0) is 48.9 Å². The summed E-state index contributed by atoms with van der Waals surface area (Å²) in [6.07, 6.45) is 0. The molecule has 0 aliphatic heterocycles. The number of nitrogens with one attached hydrogen (secondary N) is 1. The van der Waals surface area contributed by atoms with Crippen molar-refractivity contribution in [2.75, 3.05) is 6.54 Å². The Bertz CT molecular complexity index is 586. The van der Waals surface area contributed by atoms with E-state index in [2.05, 4.69) is 19.2 Å². The predicted octanol–water partition coefficient (Wildman–Crippen LogP) is 4.73. The van der Waals surface area contributed by atoms with E-state index in [0.29, 0.717) is 12.6 Å². The summed E-state index contributed by atoms with van der Waals surface area (Å²) in [6, 6.07) is 12.9. The molecule has 0 aliphatic rings. The van der Waals surface area contributed by atoms with Crippen LogP contribution in [0.2, 0.25) is 5.02 Å². The van der Waals surface area contributed by atoms with Crippen molar-refractivity contribution in [2.45, 2.75) is 26.5 Å². The summed E-state index contributed by atoms with van der Waals surface area (Å²) in [7, 11) is 0. The Hall–Kier alpha value is -1.58. The Morgan fingerprint density at radius 1 is 1.19 bits per heavy atom. The van der Waals surface area contributed by atoms with Gasteiger partial charge >= 0.3 is 0 Å².